The molecule has 0 radical (unpaired) electrons. The van der Waals surface area contributed by atoms with Gasteiger partial charge in [0.25, 0.3) is 5.91 Å². The van der Waals surface area contributed by atoms with Gasteiger partial charge in [-0.25, -0.2) is 0 Å². The van der Waals surface area contributed by atoms with Crippen LogP contribution in [0.3, 0.4) is 0 Å². The van der Waals surface area contributed by atoms with Crippen LogP contribution in [0, 0.1) is 0 Å². The predicted molar refractivity (Wildman–Crippen MR) is 126 cm³/mol. The monoisotopic (exact) mass is 456 g/mol. The molecule has 2 aromatic rings. The van der Waals surface area contributed by atoms with Gasteiger partial charge in [-0.1, -0.05) is 63.8 Å². The van der Waals surface area contributed by atoms with E-state index in [9.17, 15) is 9.59 Å². The Hall–Kier alpha value is -2.34. The molecule has 1 fully saturated rings. The molecule has 1 aromatic heterocycles. The Balaban J connectivity index is 1.71. The summed E-state index contributed by atoms with van der Waals surface area (Å²) in [5, 5.41) is 8.58. The highest BCUT2D eigenvalue weighted by Crippen LogP contribution is 2.32. The van der Waals surface area contributed by atoms with Crippen molar-refractivity contribution >= 4 is 23.4 Å². The number of nitrogens with one attached hydrogen (secondary N) is 1. The van der Waals surface area contributed by atoms with Gasteiger partial charge in [-0.15, -0.1) is 0 Å². The zero-order chi connectivity index (χ0) is 23.1. The topological polar surface area (TPSA) is 67.2 Å². The Morgan fingerprint density at radius 1 is 1.22 bits per heavy atom. The molecule has 1 aliphatic carbocycles. The van der Waals surface area contributed by atoms with Gasteiger partial charge in [-0.05, 0) is 43.5 Å². The highest BCUT2D eigenvalue weighted by Gasteiger charge is 2.48. The standard InChI is InChI=1S/C25H33ClN4O2/c1-24(2,3)21-14-20-22(31)29(15-17-9-8-10-18(26)13-17)25(4,16-30(20)28-21)23(32)27-19-11-6-5-7-12-19/h8-10,13-14,19H,5-7,11-12,15-16H2,1-4H3,(H,27,32). The summed E-state index contributed by atoms with van der Waals surface area (Å²) in [6.45, 7) is 8.71. The Morgan fingerprint density at radius 3 is 2.59 bits per heavy atom. The summed E-state index contributed by atoms with van der Waals surface area (Å²) < 4.78 is 1.72. The predicted octanol–water partition coefficient (Wildman–Crippen LogP) is 4.70. The number of benzene rings is 1. The van der Waals surface area contributed by atoms with Crippen LogP contribution in [0.15, 0.2) is 30.3 Å². The largest absolute Gasteiger partial charge is 0.351 e. The molecule has 1 N–H and O–H groups in total. The van der Waals surface area contributed by atoms with Crippen LogP contribution in [0.2, 0.25) is 5.02 Å². The second-order valence-corrected chi connectivity index (χ2v) is 10.9. The lowest BCUT2D eigenvalue weighted by Gasteiger charge is -2.44. The molecule has 1 aliphatic heterocycles. The molecule has 2 amide bonds. The van der Waals surface area contributed by atoms with Gasteiger partial charge in [0, 0.05) is 23.0 Å². The minimum absolute atomic E-state index is 0.113. The second-order valence-electron chi connectivity index (χ2n) is 10.4. The third kappa shape index (κ3) is 4.42. The van der Waals surface area contributed by atoms with Gasteiger partial charge in [0.15, 0.2) is 0 Å². The number of nitrogens with zero attached hydrogens (tertiary/aromatic N) is 3. The quantitative estimate of drug-likeness (QED) is 0.725. The molecule has 1 atom stereocenters. The molecule has 2 heterocycles. The fourth-order valence-corrected chi connectivity index (χ4v) is 4.87. The van der Waals surface area contributed by atoms with Gasteiger partial charge in [0.05, 0.1) is 12.2 Å². The first kappa shape index (κ1) is 22.8. The lowest BCUT2D eigenvalue weighted by Crippen LogP contribution is -2.64. The molecule has 6 nitrogen and oxygen atoms in total. The van der Waals surface area contributed by atoms with Crippen molar-refractivity contribution < 1.29 is 9.59 Å². The first-order valence-corrected chi connectivity index (χ1v) is 11.9. The Labute approximate surface area is 195 Å². The SMILES string of the molecule is CC(C)(C)c1cc2n(n1)CC(C)(C(=O)NC1CCCCC1)N(Cc1cccc(Cl)c1)C2=O. The highest BCUT2D eigenvalue weighted by molar-refractivity contribution is 6.30. The zero-order valence-electron chi connectivity index (χ0n) is 19.4. The summed E-state index contributed by atoms with van der Waals surface area (Å²) in [5.41, 5.74) is 1.03. The van der Waals surface area contributed by atoms with Crippen LogP contribution in [-0.4, -0.2) is 38.1 Å². The third-order valence-electron chi connectivity index (χ3n) is 6.73. The van der Waals surface area contributed by atoms with E-state index >= 15 is 0 Å². The van der Waals surface area contributed by atoms with E-state index in [1.54, 1.807) is 9.58 Å². The van der Waals surface area contributed by atoms with E-state index in [2.05, 4.69) is 26.1 Å². The van der Waals surface area contributed by atoms with E-state index in [0.717, 1.165) is 36.9 Å². The summed E-state index contributed by atoms with van der Waals surface area (Å²) in [5.74, 6) is -0.293. The van der Waals surface area contributed by atoms with E-state index in [0.29, 0.717) is 23.8 Å². The number of carbonyl (C=O) groups is 2. The van der Waals surface area contributed by atoms with Crippen LogP contribution >= 0.6 is 11.6 Å². The molecule has 0 bridgehead atoms. The third-order valence-corrected chi connectivity index (χ3v) is 6.96. The van der Waals surface area contributed by atoms with Crippen LogP contribution in [0.1, 0.15) is 81.5 Å². The molecule has 0 saturated heterocycles. The van der Waals surface area contributed by atoms with Crippen molar-refractivity contribution in [3.8, 4) is 0 Å². The normalized spacial score (nSPS) is 22.0. The number of hydrogen-bond acceptors (Lipinski definition) is 3. The number of fused-ring (bicyclic) bond motifs is 1. The maximum absolute atomic E-state index is 13.7. The fourth-order valence-electron chi connectivity index (χ4n) is 4.66. The number of aromatic nitrogens is 2. The van der Waals surface area contributed by atoms with Gasteiger partial charge in [0.2, 0.25) is 5.91 Å². The Morgan fingerprint density at radius 2 is 1.94 bits per heavy atom. The number of rotatable bonds is 4. The van der Waals surface area contributed by atoms with Crippen molar-refractivity contribution in [1.82, 2.24) is 20.0 Å². The van der Waals surface area contributed by atoms with Crippen molar-refractivity contribution in [3.63, 3.8) is 0 Å². The lowest BCUT2D eigenvalue weighted by molar-refractivity contribution is -0.134. The van der Waals surface area contributed by atoms with Gasteiger partial charge < -0.3 is 10.2 Å². The number of hydrogen-bond donors (Lipinski definition) is 1. The molecule has 1 unspecified atom stereocenters. The Bertz CT molecular complexity index is 1020. The van der Waals surface area contributed by atoms with Crippen molar-refractivity contribution in [2.24, 2.45) is 0 Å². The van der Waals surface area contributed by atoms with Gasteiger partial charge in [-0.2, -0.15) is 5.10 Å². The smallest absolute Gasteiger partial charge is 0.273 e. The first-order chi connectivity index (χ1) is 15.1. The maximum Gasteiger partial charge on any atom is 0.273 e. The van der Waals surface area contributed by atoms with Crippen molar-refractivity contribution in [1.29, 1.82) is 0 Å². The van der Waals surface area contributed by atoms with Gasteiger partial charge in [0.1, 0.15) is 11.2 Å². The molecule has 1 aromatic carbocycles. The van der Waals surface area contributed by atoms with E-state index in [-0.39, 0.29) is 23.3 Å². The van der Waals surface area contributed by atoms with Crippen LogP contribution in [0.4, 0.5) is 0 Å². The molecule has 4 rings (SSSR count). The minimum atomic E-state index is -1.05. The highest BCUT2D eigenvalue weighted by atomic mass is 35.5. The van der Waals surface area contributed by atoms with Crippen LogP contribution in [-0.2, 0) is 23.3 Å². The summed E-state index contributed by atoms with van der Waals surface area (Å²) in [6, 6.07) is 9.49. The Kier molecular flexibility index (Phi) is 6.10. The second kappa shape index (κ2) is 8.54. The fraction of sp³-hybridized carbons (Fsp3) is 0.560. The molecule has 7 heteroatoms. The van der Waals surface area contributed by atoms with Crippen LogP contribution in [0.5, 0.6) is 0 Å². The average Bonchev–Trinajstić information content (AvgIpc) is 3.16. The van der Waals surface area contributed by atoms with Crippen molar-refractivity contribution in [2.45, 2.75) is 89.9 Å². The number of carbonyl (C=O) groups excluding carboxylic acids is 2. The summed E-state index contributed by atoms with van der Waals surface area (Å²) in [7, 11) is 0. The molecular formula is C25H33ClN4O2. The molecule has 2 aliphatic rings. The van der Waals surface area contributed by atoms with Gasteiger partial charge >= 0.3 is 0 Å². The van der Waals surface area contributed by atoms with Gasteiger partial charge in [-0.3, -0.25) is 14.3 Å². The van der Waals surface area contributed by atoms with E-state index in [4.69, 9.17) is 16.7 Å². The minimum Gasteiger partial charge on any atom is -0.351 e. The van der Waals surface area contributed by atoms with Crippen LogP contribution in [0.25, 0.3) is 0 Å². The van der Waals surface area contributed by atoms with E-state index < -0.39 is 5.54 Å². The molecular weight excluding hydrogens is 424 g/mol. The first-order valence-electron chi connectivity index (χ1n) is 11.5. The number of halogens is 1. The van der Waals surface area contributed by atoms with E-state index in [1.165, 1.54) is 6.42 Å². The summed E-state index contributed by atoms with van der Waals surface area (Å²) >= 11 is 6.20. The van der Waals surface area contributed by atoms with Crippen LogP contribution < -0.4 is 5.32 Å². The summed E-state index contributed by atoms with van der Waals surface area (Å²) in [4.78, 5) is 29.0. The average molecular weight is 457 g/mol. The summed E-state index contributed by atoms with van der Waals surface area (Å²) in [6.07, 6.45) is 5.46. The zero-order valence-corrected chi connectivity index (χ0v) is 20.2. The maximum atomic E-state index is 13.7. The van der Waals surface area contributed by atoms with Crippen molar-refractivity contribution in [3.05, 3.63) is 52.3 Å². The molecule has 172 valence electrons. The molecule has 1 saturated carbocycles. The van der Waals surface area contributed by atoms with E-state index in [1.807, 2.05) is 37.3 Å². The molecule has 0 spiro atoms. The van der Waals surface area contributed by atoms with Crippen molar-refractivity contribution in [2.75, 3.05) is 0 Å². The lowest BCUT2D eigenvalue weighted by atomic mass is 9.90. The molecule has 32 heavy (non-hydrogen) atoms. The number of amides is 2.